The molecule has 0 spiro atoms. The minimum atomic E-state index is -0.252. The van der Waals surface area contributed by atoms with Crippen molar-refractivity contribution < 1.29 is 9.53 Å². The molecule has 0 aliphatic carbocycles. The molecule has 0 N–H and O–H groups in total. The number of nitrogens with zero attached hydrogens (tertiary/aromatic N) is 1. The Balaban J connectivity index is 0.00000133. The number of carbonyl (C=O) groups is 1. The van der Waals surface area contributed by atoms with Gasteiger partial charge in [0.15, 0.2) is 0 Å². The first kappa shape index (κ1) is 13.6. The summed E-state index contributed by atoms with van der Waals surface area (Å²) in [5.41, 5.74) is 2.89. The Morgan fingerprint density at radius 3 is 2.74 bits per heavy atom. The fourth-order valence-electron chi connectivity index (χ4n) is 2.16. The van der Waals surface area contributed by atoms with Gasteiger partial charge < -0.3 is 4.74 Å². The lowest BCUT2D eigenvalue weighted by atomic mass is 10.1. The van der Waals surface area contributed by atoms with Crippen LogP contribution >= 0.6 is 12.4 Å². The highest BCUT2D eigenvalue weighted by molar-refractivity contribution is 5.86. The molecule has 0 fully saturated rings. The molecule has 2 aromatic rings. The number of fused-ring (bicyclic) bond motifs is 1. The van der Waals surface area contributed by atoms with Gasteiger partial charge >= 0.3 is 5.97 Å². The molecule has 0 bridgehead atoms. The van der Waals surface area contributed by atoms with Gasteiger partial charge in [-0.15, -0.1) is 12.4 Å². The Hall–Kier alpha value is -1.87. The molecule has 1 unspecified atom stereocenters. The summed E-state index contributed by atoms with van der Waals surface area (Å²) in [6.07, 6.45) is 2.02. The van der Waals surface area contributed by atoms with Crippen molar-refractivity contribution in [3.8, 4) is 0 Å². The largest absolute Gasteiger partial charge is 0.454 e. The lowest BCUT2D eigenvalue weighted by Crippen LogP contribution is -2.14. The van der Waals surface area contributed by atoms with Crippen LogP contribution in [0, 0.1) is 0 Å². The minimum Gasteiger partial charge on any atom is -0.454 e. The average molecular weight is 276 g/mol. The second-order valence-corrected chi connectivity index (χ2v) is 4.51. The van der Waals surface area contributed by atoms with Crippen molar-refractivity contribution in [2.75, 3.05) is 0 Å². The topological polar surface area (TPSA) is 39.2 Å². The summed E-state index contributed by atoms with van der Waals surface area (Å²) in [7, 11) is 0. The summed E-state index contributed by atoms with van der Waals surface area (Å²) in [5, 5.41) is 1.12. The Labute approximate surface area is 117 Å². The Morgan fingerprint density at radius 1 is 1.21 bits per heavy atom. The second-order valence-electron chi connectivity index (χ2n) is 4.51. The van der Waals surface area contributed by atoms with Gasteiger partial charge in [0.25, 0.3) is 0 Å². The van der Waals surface area contributed by atoms with Gasteiger partial charge in [-0.05, 0) is 24.6 Å². The molecule has 0 radical (unpaired) electrons. The monoisotopic (exact) mass is 275 g/mol. The number of hydrogen-bond donors (Lipinski definition) is 0. The first-order valence-electron chi connectivity index (χ1n) is 5.96. The van der Waals surface area contributed by atoms with Crippen LogP contribution in [0.25, 0.3) is 10.9 Å². The van der Waals surface area contributed by atoms with E-state index >= 15 is 0 Å². The van der Waals surface area contributed by atoms with E-state index in [1.165, 1.54) is 0 Å². The summed E-state index contributed by atoms with van der Waals surface area (Å²) in [4.78, 5) is 15.7. The molecule has 3 nitrogen and oxygen atoms in total. The lowest BCUT2D eigenvalue weighted by molar-refractivity contribution is -0.138. The molecular formula is C15H14ClNO2. The van der Waals surface area contributed by atoms with E-state index in [4.69, 9.17) is 4.74 Å². The zero-order valence-electron chi connectivity index (χ0n) is 10.5. The van der Waals surface area contributed by atoms with Crippen LogP contribution in [-0.4, -0.2) is 17.1 Å². The number of esters is 1. The minimum absolute atomic E-state index is 0. The first-order valence-corrected chi connectivity index (χ1v) is 5.96. The van der Waals surface area contributed by atoms with E-state index in [-0.39, 0.29) is 24.5 Å². The van der Waals surface area contributed by atoms with Crippen LogP contribution in [0.3, 0.4) is 0 Å². The molecule has 0 saturated heterocycles. The molecular weight excluding hydrogens is 262 g/mol. The van der Waals surface area contributed by atoms with Crippen LogP contribution < -0.4 is 0 Å². The molecule has 19 heavy (non-hydrogen) atoms. The first-order chi connectivity index (χ1) is 8.72. The lowest BCUT2D eigenvalue weighted by Gasteiger charge is -2.11. The summed E-state index contributed by atoms with van der Waals surface area (Å²) in [5.74, 6) is -0.252. The van der Waals surface area contributed by atoms with Crippen molar-refractivity contribution in [2.24, 2.45) is 0 Å². The number of para-hydroxylation sites is 1. The smallest absolute Gasteiger partial charge is 0.331 e. The summed E-state index contributed by atoms with van der Waals surface area (Å²) >= 11 is 0. The molecule has 1 aromatic heterocycles. The predicted molar refractivity (Wildman–Crippen MR) is 76.3 cm³/mol. The van der Waals surface area contributed by atoms with Crippen LogP contribution in [0.1, 0.15) is 12.6 Å². The zero-order chi connectivity index (χ0) is 12.5. The molecule has 1 aliphatic rings. The molecule has 3 rings (SSSR count). The number of aromatic nitrogens is 1. The summed E-state index contributed by atoms with van der Waals surface area (Å²) < 4.78 is 5.22. The molecule has 1 aromatic carbocycles. The SMILES string of the molecule is CC1=CC(=O)OC1Cc1ccc2ccccc2n1.Cl. The van der Waals surface area contributed by atoms with Gasteiger partial charge in [-0.25, -0.2) is 4.79 Å². The average Bonchev–Trinajstić information content (AvgIpc) is 2.68. The maximum absolute atomic E-state index is 11.1. The Bertz CT molecular complexity index is 651. The molecule has 0 saturated carbocycles. The number of pyridine rings is 1. The van der Waals surface area contributed by atoms with Crippen molar-refractivity contribution in [2.45, 2.75) is 19.4 Å². The number of cyclic esters (lactones) is 1. The predicted octanol–water partition coefficient (Wildman–Crippen LogP) is 3.07. The Kier molecular flexibility index (Phi) is 3.86. The van der Waals surface area contributed by atoms with Gasteiger partial charge in [0, 0.05) is 23.6 Å². The Morgan fingerprint density at radius 2 is 2.00 bits per heavy atom. The number of benzene rings is 1. The molecule has 1 atom stereocenters. The fraction of sp³-hybridized carbons (Fsp3) is 0.200. The van der Waals surface area contributed by atoms with E-state index < -0.39 is 0 Å². The van der Waals surface area contributed by atoms with Gasteiger partial charge in [-0.2, -0.15) is 0 Å². The van der Waals surface area contributed by atoms with Crippen LogP contribution in [0.5, 0.6) is 0 Å². The van der Waals surface area contributed by atoms with Gasteiger partial charge in [0.2, 0.25) is 0 Å². The number of hydrogen-bond acceptors (Lipinski definition) is 3. The maximum atomic E-state index is 11.1. The van der Waals surface area contributed by atoms with Crippen molar-refractivity contribution in [3.05, 3.63) is 53.7 Å². The molecule has 1 aliphatic heterocycles. The standard InChI is InChI=1S/C15H13NO2.ClH/c1-10-8-15(17)18-14(10)9-12-7-6-11-4-2-3-5-13(11)16-12;/h2-8,14H,9H2,1H3;1H. The van der Waals surface area contributed by atoms with Crippen molar-refractivity contribution in [1.82, 2.24) is 4.98 Å². The van der Waals surface area contributed by atoms with Crippen LogP contribution in [0.15, 0.2) is 48.0 Å². The van der Waals surface area contributed by atoms with Crippen LogP contribution in [-0.2, 0) is 16.0 Å². The van der Waals surface area contributed by atoms with Crippen LogP contribution in [0.2, 0.25) is 0 Å². The molecule has 4 heteroatoms. The van der Waals surface area contributed by atoms with E-state index in [1.807, 2.05) is 43.3 Å². The van der Waals surface area contributed by atoms with E-state index in [2.05, 4.69) is 4.98 Å². The molecule has 98 valence electrons. The summed E-state index contributed by atoms with van der Waals surface area (Å²) in [6.45, 7) is 1.91. The van der Waals surface area contributed by atoms with E-state index in [0.29, 0.717) is 6.42 Å². The second kappa shape index (κ2) is 5.41. The van der Waals surface area contributed by atoms with Crippen molar-refractivity contribution >= 4 is 29.3 Å². The van der Waals surface area contributed by atoms with Gasteiger partial charge in [-0.1, -0.05) is 24.3 Å². The maximum Gasteiger partial charge on any atom is 0.331 e. The van der Waals surface area contributed by atoms with E-state index in [1.54, 1.807) is 6.08 Å². The fourth-order valence-corrected chi connectivity index (χ4v) is 2.16. The van der Waals surface area contributed by atoms with E-state index in [9.17, 15) is 4.79 Å². The van der Waals surface area contributed by atoms with Gasteiger partial charge in [0.1, 0.15) is 6.10 Å². The highest BCUT2D eigenvalue weighted by Gasteiger charge is 2.23. The zero-order valence-corrected chi connectivity index (χ0v) is 11.3. The van der Waals surface area contributed by atoms with E-state index in [0.717, 1.165) is 22.2 Å². The van der Waals surface area contributed by atoms with Crippen LogP contribution in [0.4, 0.5) is 0 Å². The third kappa shape index (κ3) is 2.76. The molecule has 2 heterocycles. The quantitative estimate of drug-likeness (QED) is 0.791. The summed E-state index contributed by atoms with van der Waals surface area (Å²) in [6, 6.07) is 12.0. The van der Waals surface area contributed by atoms with Gasteiger partial charge in [-0.3, -0.25) is 4.98 Å². The third-order valence-corrected chi connectivity index (χ3v) is 3.16. The van der Waals surface area contributed by atoms with Crippen molar-refractivity contribution in [1.29, 1.82) is 0 Å². The van der Waals surface area contributed by atoms with Crippen molar-refractivity contribution in [3.63, 3.8) is 0 Å². The number of carbonyl (C=O) groups excluding carboxylic acids is 1. The highest BCUT2D eigenvalue weighted by atomic mass is 35.5. The normalized spacial score (nSPS) is 17.8. The van der Waals surface area contributed by atoms with Gasteiger partial charge in [0.05, 0.1) is 5.52 Å². The molecule has 0 amide bonds. The number of halogens is 1. The highest BCUT2D eigenvalue weighted by Crippen LogP contribution is 2.20. The number of rotatable bonds is 2. The number of ether oxygens (including phenoxy) is 1. The third-order valence-electron chi connectivity index (χ3n) is 3.16.